The smallest absolute Gasteiger partial charge is 0.0719 e. The summed E-state index contributed by atoms with van der Waals surface area (Å²) in [6, 6.07) is 36.7. The molecule has 0 saturated heterocycles. The SMILES string of the molecule is C=C/C(=C\C=C/CCCC)C1c2ccccc2C2(c3ccccc3-c3ccccc32)c2ccccc2C1C(/C=C\C=C(C)CC)=C/C. The number of benzene rings is 4. The van der Waals surface area contributed by atoms with Gasteiger partial charge in [0.15, 0.2) is 0 Å². The van der Waals surface area contributed by atoms with Crippen LogP contribution in [0, 0.1) is 0 Å². The van der Waals surface area contributed by atoms with Gasteiger partial charge in [-0.1, -0.05) is 185 Å². The van der Waals surface area contributed by atoms with E-state index < -0.39 is 5.41 Å². The Hall–Kier alpha value is -4.68. The molecule has 0 radical (unpaired) electrons. The molecule has 0 N–H and O–H groups in total. The van der Waals surface area contributed by atoms with E-state index in [1.165, 1.54) is 74.1 Å². The molecule has 4 aromatic rings. The standard InChI is InChI=1S/C47H48/c1-6-10-11-12-13-24-35(8-3)45-39-28-16-20-32-43(39)47(41-30-18-14-26-37(41)38-27-15-19-31-42(38)47)44-33-21-17-29-40(44)46(45)36(9-4)25-22-23-34(5)7-2/h8-9,12-33,45-46H,3,6-7,10-11H2,1-2,4-5H3/b13-12-,25-22-,34-23?,35-24+,36-9+. The first kappa shape index (κ1) is 32.3. The van der Waals surface area contributed by atoms with Crippen LogP contribution in [0.1, 0.15) is 98.6 Å². The van der Waals surface area contributed by atoms with Crippen LogP contribution >= 0.6 is 0 Å². The van der Waals surface area contributed by atoms with Gasteiger partial charge in [0.05, 0.1) is 5.41 Å². The molecule has 0 nitrogen and oxygen atoms in total. The second-order valence-corrected chi connectivity index (χ2v) is 12.9. The summed E-state index contributed by atoms with van der Waals surface area (Å²) in [5.41, 5.74) is 14.3. The normalized spacial score (nSPS) is 18.6. The molecule has 236 valence electrons. The molecule has 0 saturated carbocycles. The van der Waals surface area contributed by atoms with Crippen molar-refractivity contribution in [2.24, 2.45) is 0 Å². The minimum atomic E-state index is -0.447. The minimum Gasteiger partial charge on any atom is -0.0988 e. The number of unbranched alkanes of at least 4 members (excludes halogenated alkanes) is 2. The molecule has 0 heteroatoms. The fourth-order valence-electron chi connectivity index (χ4n) is 8.00. The molecular formula is C47H48. The largest absolute Gasteiger partial charge is 0.0988 e. The highest BCUT2D eigenvalue weighted by molar-refractivity contribution is 5.87. The van der Waals surface area contributed by atoms with Crippen LogP contribution < -0.4 is 0 Å². The molecule has 0 aliphatic heterocycles. The maximum atomic E-state index is 4.44. The summed E-state index contributed by atoms with van der Waals surface area (Å²) in [5.74, 6) is 0.142. The summed E-state index contributed by atoms with van der Waals surface area (Å²) in [7, 11) is 0. The highest BCUT2D eigenvalue weighted by Crippen LogP contribution is 2.62. The van der Waals surface area contributed by atoms with E-state index in [1.807, 2.05) is 0 Å². The summed E-state index contributed by atoms with van der Waals surface area (Å²) in [6.07, 6.45) is 22.7. The minimum absolute atomic E-state index is 0.0621. The molecule has 0 aromatic heterocycles. The van der Waals surface area contributed by atoms with E-state index in [-0.39, 0.29) is 11.8 Å². The van der Waals surface area contributed by atoms with Crippen molar-refractivity contribution in [3.8, 4) is 11.1 Å². The summed E-state index contributed by atoms with van der Waals surface area (Å²) in [6.45, 7) is 13.3. The second kappa shape index (κ2) is 14.4. The molecule has 2 aliphatic rings. The lowest BCUT2D eigenvalue weighted by Gasteiger charge is -2.35. The molecule has 1 spiro atoms. The lowest BCUT2D eigenvalue weighted by Crippen LogP contribution is -2.30. The highest BCUT2D eigenvalue weighted by atomic mass is 14.5. The summed E-state index contributed by atoms with van der Waals surface area (Å²) < 4.78 is 0. The third kappa shape index (κ3) is 5.65. The number of allylic oxidation sites excluding steroid dienone is 11. The Labute approximate surface area is 283 Å². The molecule has 47 heavy (non-hydrogen) atoms. The monoisotopic (exact) mass is 612 g/mol. The second-order valence-electron chi connectivity index (χ2n) is 12.9. The van der Waals surface area contributed by atoms with Crippen molar-refractivity contribution in [2.75, 3.05) is 0 Å². The van der Waals surface area contributed by atoms with Crippen molar-refractivity contribution in [3.05, 3.63) is 202 Å². The van der Waals surface area contributed by atoms with E-state index in [2.05, 4.69) is 180 Å². The lowest BCUT2D eigenvalue weighted by molar-refractivity contribution is 0.693. The Balaban J connectivity index is 1.73. The van der Waals surface area contributed by atoms with Gasteiger partial charge >= 0.3 is 0 Å². The lowest BCUT2D eigenvalue weighted by atomic mass is 9.66. The van der Waals surface area contributed by atoms with E-state index in [0.29, 0.717) is 0 Å². The predicted octanol–water partition coefficient (Wildman–Crippen LogP) is 12.9. The number of hydrogen-bond donors (Lipinski definition) is 0. The third-order valence-corrected chi connectivity index (χ3v) is 10.3. The van der Waals surface area contributed by atoms with Gasteiger partial charge in [-0.3, -0.25) is 0 Å². The molecule has 2 atom stereocenters. The molecule has 0 amide bonds. The highest BCUT2D eigenvalue weighted by Gasteiger charge is 2.51. The first-order valence-electron chi connectivity index (χ1n) is 17.5. The predicted molar refractivity (Wildman–Crippen MR) is 203 cm³/mol. The van der Waals surface area contributed by atoms with Crippen molar-refractivity contribution < 1.29 is 0 Å². The average molecular weight is 613 g/mol. The van der Waals surface area contributed by atoms with Crippen LogP contribution in [0.5, 0.6) is 0 Å². The summed E-state index contributed by atoms with van der Waals surface area (Å²) in [5, 5.41) is 0. The molecule has 2 aliphatic carbocycles. The van der Waals surface area contributed by atoms with Crippen molar-refractivity contribution in [2.45, 2.75) is 70.6 Å². The number of rotatable bonds is 10. The third-order valence-electron chi connectivity index (χ3n) is 10.3. The maximum Gasteiger partial charge on any atom is 0.0719 e. The van der Waals surface area contributed by atoms with Crippen LogP contribution in [-0.4, -0.2) is 0 Å². The van der Waals surface area contributed by atoms with Crippen LogP contribution in [0.3, 0.4) is 0 Å². The van der Waals surface area contributed by atoms with E-state index in [0.717, 1.165) is 12.8 Å². The van der Waals surface area contributed by atoms with Crippen LogP contribution in [0.25, 0.3) is 11.1 Å². The van der Waals surface area contributed by atoms with Crippen molar-refractivity contribution in [1.82, 2.24) is 0 Å². The van der Waals surface area contributed by atoms with Crippen molar-refractivity contribution in [1.29, 1.82) is 0 Å². The van der Waals surface area contributed by atoms with Crippen molar-refractivity contribution >= 4 is 0 Å². The summed E-state index contributed by atoms with van der Waals surface area (Å²) >= 11 is 0. The molecule has 6 rings (SSSR count). The molecule has 2 unspecified atom stereocenters. The fourth-order valence-corrected chi connectivity index (χ4v) is 8.00. The Morgan fingerprint density at radius 1 is 0.681 bits per heavy atom. The van der Waals surface area contributed by atoms with Gasteiger partial charge in [-0.25, -0.2) is 0 Å². The molecule has 0 bridgehead atoms. The van der Waals surface area contributed by atoms with Gasteiger partial charge in [0.1, 0.15) is 0 Å². The number of fused-ring (bicyclic) bond motifs is 9. The fraction of sp³-hybridized carbons (Fsp3) is 0.234. The Kier molecular flexibility index (Phi) is 9.88. The zero-order chi connectivity index (χ0) is 32.8. The van der Waals surface area contributed by atoms with Gasteiger partial charge in [0.2, 0.25) is 0 Å². The van der Waals surface area contributed by atoms with E-state index in [9.17, 15) is 0 Å². The zero-order valence-electron chi connectivity index (χ0n) is 28.5. The first-order valence-corrected chi connectivity index (χ1v) is 17.5. The van der Waals surface area contributed by atoms with Gasteiger partial charge in [-0.15, -0.1) is 0 Å². The number of hydrogen-bond acceptors (Lipinski definition) is 0. The molecule has 0 fully saturated rings. The van der Waals surface area contributed by atoms with Crippen LogP contribution in [-0.2, 0) is 5.41 Å². The van der Waals surface area contributed by atoms with Crippen LogP contribution in [0.2, 0.25) is 0 Å². The molecular weight excluding hydrogens is 565 g/mol. The molecule has 0 heterocycles. The summed E-state index contributed by atoms with van der Waals surface area (Å²) in [4.78, 5) is 0. The van der Waals surface area contributed by atoms with Gasteiger partial charge in [-0.2, -0.15) is 0 Å². The Morgan fingerprint density at radius 3 is 1.74 bits per heavy atom. The Bertz CT molecular complexity index is 1860. The average Bonchev–Trinajstić information content (AvgIpc) is 3.36. The maximum absolute atomic E-state index is 4.44. The topological polar surface area (TPSA) is 0 Å². The van der Waals surface area contributed by atoms with E-state index in [4.69, 9.17) is 0 Å². The molecule has 4 aromatic carbocycles. The first-order chi connectivity index (χ1) is 23.1. The van der Waals surface area contributed by atoms with Gasteiger partial charge in [0.25, 0.3) is 0 Å². The van der Waals surface area contributed by atoms with Crippen molar-refractivity contribution in [3.63, 3.8) is 0 Å². The van der Waals surface area contributed by atoms with Gasteiger partial charge in [0, 0.05) is 11.8 Å². The van der Waals surface area contributed by atoms with Crippen LogP contribution in [0.4, 0.5) is 0 Å². The van der Waals surface area contributed by atoms with E-state index in [1.54, 1.807) is 0 Å². The zero-order valence-corrected chi connectivity index (χ0v) is 28.5. The van der Waals surface area contributed by atoms with Gasteiger partial charge < -0.3 is 0 Å². The van der Waals surface area contributed by atoms with Crippen LogP contribution in [0.15, 0.2) is 169 Å². The Morgan fingerprint density at radius 2 is 1.21 bits per heavy atom. The van der Waals surface area contributed by atoms with E-state index >= 15 is 0 Å². The quantitative estimate of drug-likeness (QED) is 0.109. The van der Waals surface area contributed by atoms with Gasteiger partial charge in [-0.05, 0) is 82.3 Å².